The fourth-order valence-electron chi connectivity index (χ4n) is 7.87. The largest absolute Gasteiger partial charge is 0.135 e. The Hall–Kier alpha value is -6.02. The van der Waals surface area contributed by atoms with E-state index >= 15 is 0 Å². The maximum atomic E-state index is 2.43. The number of thiophene rings is 1. The van der Waals surface area contributed by atoms with Crippen molar-refractivity contribution in [1.29, 1.82) is 0 Å². The van der Waals surface area contributed by atoms with E-state index < -0.39 is 0 Å². The third kappa shape index (κ3) is 4.51. The van der Waals surface area contributed by atoms with Gasteiger partial charge in [-0.15, -0.1) is 11.3 Å². The van der Waals surface area contributed by atoms with Gasteiger partial charge in [-0.2, -0.15) is 0 Å². The normalized spacial score (nSPS) is 11.7. The molecule has 9 aromatic carbocycles. The van der Waals surface area contributed by atoms with Gasteiger partial charge in [-0.25, -0.2) is 0 Å². The molecule has 228 valence electrons. The van der Waals surface area contributed by atoms with Crippen molar-refractivity contribution in [3.05, 3.63) is 182 Å². The molecule has 0 fully saturated rings. The number of fused-ring (bicyclic) bond motifs is 8. The molecule has 0 saturated heterocycles. The van der Waals surface area contributed by atoms with Gasteiger partial charge < -0.3 is 0 Å². The van der Waals surface area contributed by atoms with Crippen molar-refractivity contribution < 1.29 is 0 Å². The van der Waals surface area contributed by atoms with Crippen molar-refractivity contribution in [2.45, 2.75) is 0 Å². The molecule has 0 radical (unpaired) electrons. The van der Waals surface area contributed by atoms with Crippen LogP contribution >= 0.6 is 11.3 Å². The summed E-state index contributed by atoms with van der Waals surface area (Å²) < 4.78 is 0. The zero-order chi connectivity index (χ0) is 32.3. The first-order valence-electron chi connectivity index (χ1n) is 16.8. The van der Waals surface area contributed by atoms with E-state index in [1.807, 2.05) is 11.3 Å². The summed E-state index contributed by atoms with van der Waals surface area (Å²) >= 11 is 1.85. The Balaban J connectivity index is 1.16. The Labute approximate surface area is 289 Å². The van der Waals surface area contributed by atoms with E-state index in [-0.39, 0.29) is 0 Å². The van der Waals surface area contributed by atoms with Crippen molar-refractivity contribution in [3.63, 3.8) is 0 Å². The molecule has 0 spiro atoms. The minimum Gasteiger partial charge on any atom is -0.135 e. The molecule has 1 aromatic heterocycles. The Morgan fingerprint density at radius 3 is 1.08 bits per heavy atom. The molecular formula is C48H30S. The Morgan fingerprint density at radius 2 is 0.571 bits per heavy atom. The molecule has 10 aromatic rings. The van der Waals surface area contributed by atoms with E-state index in [1.165, 1.54) is 97.0 Å². The van der Waals surface area contributed by atoms with Crippen molar-refractivity contribution >= 4 is 65.2 Å². The predicted octanol–water partition coefficient (Wildman–Crippen LogP) is 14.2. The van der Waals surface area contributed by atoms with E-state index in [0.717, 1.165) is 0 Å². The Morgan fingerprint density at radius 1 is 0.224 bits per heavy atom. The molecule has 49 heavy (non-hydrogen) atoms. The number of rotatable bonds is 4. The highest BCUT2D eigenvalue weighted by Crippen LogP contribution is 2.46. The van der Waals surface area contributed by atoms with E-state index in [0.29, 0.717) is 0 Å². The average molecular weight is 639 g/mol. The summed E-state index contributed by atoms with van der Waals surface area (Å²) in [5.74, 6) is 0. The summed E-state index contributed by atoms with van der Waals surface area (Å²) in [5.41, 5.74) is 7.57. The monoisotopic (exact) mass is 638 g/mol. The molecule has 0 atom stereocenters. The van der Waals surface area contributed by atoms with Gasteiger partial charge in [-0.3, -0.25) is 0 Å². The molecule has 10 rings (SSSR count). The van der Waals surface area contributed by atoms with Crippen LogP contribution in [0.25, 0.3) is 97.0 Å². The second kappa shape index (κ2) is 11.3. The molecular weight excluding hydrogens is 609 g/mol. The van der Waals surface area contributed by atoms with Crippen LogP contribution in [0.15, 0.2) is 182 Å². The summed E-state index contributed by atoms with van der Waals surface area (Å²) in [5, 5.41) is 12.9. The molecule has 0 nitrogen and oxygen atoms in total. The SMILES string of the molecule is c1ccc(-c2ccc(-c3ccc(-c4c5ccccc5c(-c5ccc6c7ccccc7c7ccccc7c6c5)c5ccccc45)cc3)s2)cc1. The third-order valence-corrected chi connectivity index (χ3v) is 11.3. The van der Waals surface area contributed by atoms with E-state index in [1.54, 1.807) is 0 Å². The third-order valence-electron chi connectivity index (χ3n) is 10.1. The van der Waals surface area contributed by atoms with Gasteiger partial charge in [0.15, 0.2) is 0 Å². The predicted molar refractivity (Wildman–Crippen MR) is 214 cm³/mol. The van der Waals surface area contributed by atoms with Gasteiger partial charge >= 0.3 is 0 Å². The fraction of sp³-hybridized carbons (Fsp3) is 0. The molecule has 1 heteroatoms. The van der Waals surface area contributed by atoms with Gasteiger partial charge in [-0.05, 0) is 105 Å². The first-order valence-corrected chi connectivity index (χ1v) is 17.7. The molecule has 0 aliphatic carbocycles. The van der Waals surface area contributed by atoms with Gasteiger partial charge in [0.2, 0.25) is 0 Å². The quantitative estimate of drug-likeness (QED) is 0.133. The molecule has 0 bridgehead atoms. The van der Waals surface area contributed by atoms with Crippen molar-refractivity contribution in [2.24, 2.45) is 0 Å². The van der Waals surface area contributed by atoms with Crippen LogP contribution in [-0.2, 0) is 0 Å². The lowest BCUT2D eigenvalue weighted by atomic mass is 9.85. The zero-order valence-electron chi connectivity index (χ0n) is 26.7. The van der Waals surface area contributed by atoms with E-state index in [9.17, 15) is 0 Å². The van der Waals surface area contributed by atoms with Gasteiger partial charge in [0.25, 0.3) is 0 Å². The van der Waals surface area contributed by atoms with Crippen molar-refractivity contribution in [2.75, 3.05) is 0 Å². The van der Waals surface area contributed by atoms with Crippen molar-refractivity contribution in [3.8, 4) is 43.1 Å². The minimum atomic E-state index is 1.23. The molecule has 1 heterocycles. The lowest BCUT2D eigenvalue weighted by Crippen LogP contribution is -1.91. The van der Waals surface area contributed by atoms with Crippen LogP contribution in [0.1, 0.15) is 0 Å². The summed E-state index contributed by atoms with van der Waals surface area (Å²) in [6.45, 7) is 0. The van der Waals surface area contributed by atoms with Crippen LogP contribution in [0.3, 0.4) is 0 Å². The summed E-state index contributed by atoms with van der Waals surface area (Å²) in [6, 6.07) is 67.0. The first-order chi connectivity index (χ1) is 24.3. The van der Waals surface area contributed by atoms with Crippen molar-refractivity contribution in [1.82, 2.24) is 0 Å². The van der Waals surface area contributed by atoms with Crippen LogP contribution < -0.4 is 0 Å². The average Bonchev–Trinajstić information content (AvgIpc) is 3.68. The van der Waals surface area contributed by atoms with Crippen LogP contribution in [0, 0.1) is 0 Å². The molecule has 0 aliphatic heterocycles. The maximum absolute atomic E-state index is 2.43. The molecule has 0 N–H and O–H groups in total. The van der Waals surface area contributed by atoms with E-state index in [4.69, 9.17) is 0 Å². The van der Waals surface area contributed by atoms with Crippen LogP contribution in [0.2, 0.25) is 0 Å². The van der Waals surface area contributed by atoms with Crippen LogP contribution in [-0.4, -0.2) is 0 Å². The van der Waals surface area contributed by atoms with Crippen LogP contribution in [0.4, 0.5) is 0 Å². The number of hydrogen-bond acceptors (Lipinski definition) is 1. The lowest BCUT2D eigenvalue weighted by molar-refractivity contribution is 1.66. The fourth-order valence-corrected chi connectivity index (χ4v) is 8.88. The topological polar surface area (TPSA) is 0 Å². The highest BCUT2D eigenvalue weighted by atomic mass is 32.1. The van der Waals surface area contributed by atoms with E-state index in [2.05, 4.69) is 182 Å². The minimum absolute atomic E-state index is 1.23. The van der Waals surface area contributed by atoms with Gasteiger partial charge in [0.1, 0.15) is 0 Å². The molecule has 0 saturated carbocycles. The van der Waals surface area contributed by atoms with Gasteiger partial charge in [-0.1, -0.05) is 164 Å². The maximum Gasteiger partial charge on any atom is 0.0349 e. The zero-order valence-corrected chi connectivity index (χ0v) is 27.5. The number of hydrogen-bond donors (Lipinski definition) is 0. The second-order valence-corrected chi connectivity index (χ2v) is 13.9. The summed E-state index contributed by atoms with van der Waals surface area (Å²) in [7, 11) is 0. The molecule has 0 unspecified atom stereocenters. The summed E-state index contributed by atoms with van der Waals surface area (Å²) in [6.07, 6.45) is 0. The molecule has 0 aliphatic rings. The highest BCUT2D eigenvalue weighted by molar-refractivity contribution is 7.18. The lowest BCUT2D eigenvalue weighted by Gasteiger charge is -2.19. The Bertz CT molecular complexity index is 2760. The van der Waals surface area contributed by atoms with Gasteiger partial charge in [0.05, 0.1) is 0 Å². The van der Waals surface area contributed by atoms with Gasteiger partial charge in [0, 0.05) is 9.75 Å². The van der Waals surface area contributed by atoms with Crippen LogP contribution in [0.5, 0.6) is 0 Å². The smallest absolute Gasteiger partial charge is 0.0349 e. The second-order valence-electron chi connectivity index (χ2n) is 12.8. The number of benzene rings is 9. The Kier molecular flexibility index (Phi) is 6.47. The summed E-state index contributed by atoms with van der Waals surface area (Å²) in [4.78, 5) is 2.58. The first kappa shape index (κ1) is 28.0. The standard InChI is InChI=1S/C48H30S/c1-2-12-31(13-3-1)45-28-29-46(49-45)32-22-24-33(25-23-32)47-40-18-8-10-20-42(40)48(43-21-11-9-19-41(43)47)34-26-27-39-37-16-5-4-14-35(37)36-15-6-7-17-38(36)44(39)30-34/h1-30H. The highest BCUT2D eigenvalue weighted by Gasteiger charge is 2.18. The molecule has 0 amide bonds.